The van der Waals surface area contributed by atoms with Gasteiger partial charge in [-0.2, -0.15) is 4.98 Å². The largest absolute Gasteiger partial charge is 0.361 e. The highest BCUT2D eigenvalue weighted by Crippen LogP contribution is 2.39. The number of fused-ring (bicyclic) bond motifs is 1. The predicted molar refractivity (Wildman–Crippen MR) is 94.1 cm³/mol. The van der Waals surface area contributed by atoms with Crippen LogP contribution >= 0.6 is 0 Å². The summed E-state index contributed by atoms with van der Waals surface area (Å²) in [5.41, 5.74) is 2.70. The van der Waals surface area contributed by atoms with Gasteiger partial charge in [-0.1, -0.05) is 19.0 Å². The summed E-state index contributed by atoms with van der Waals surface area (Å²) < 4.78 is 19.2. The first-order chi connectivity index (χ1) is 12.0. The molecule has 3 aromatic rings. The Labute approximate surface area is 145 Å². The van der Waals surface area contributed by atoms with Gasteiger partial charge >= 0.3 is 0 Å². The van der Waals surface area contributed by atoms with Crippen LogP contribution in [0.5, 0.6) is 0 Å². The summed E-state index contributed by atoms with van der Waals surface area (Å²) in [6.07, 6.45) is 1.99. The number of aryl methyl sites for hydroxylation is 1. The lowest BCUT2D eigenvalue weighted by Gasteiger charge is -2.26. The smallest absolute Gasteiger partial charge is 0.229 e. The van der Waals surface area contributed by atoms with Gasteiger partial charge in [0, 0.05) is 29.2 Å². The highest BCUT2D eigenvalue weighted by molar-refractivity contribution is 5.92. The normalized spacial score (nSPS) is 17.8. The summed E-state index contributed by atoms with van der Waals surface area (Å²) in [5.74, 6) is 1.31. The van der Waals surface area contributed by atoms with Crippen LogP contribution in [-0.4, -0.2) is 21.7 Å². The third-order valence-electron chi connectivity index (χ3n) is 4.69. The first-order valence-corrected chi connectivity index (χ1v) is 8.70. The van der Waals surface area contributed by atoms with Crippen molar-refractivity contribution in [3.8, 4) is 0 Å². The molecule has 0 saturated carbocycles. The van der Waals surface area contributed by atoms with E-state index in [2.05, 4.69) is 20.0 Å². The highest BCUT2D eigenvalue weighted by atomic mass is 19.1. The molecule has 1 aromatic carbocycles. The van der Waals surface area contributed by atoms with Crippen LogP contribution in [0, 0.1) is 12.7 Å². The number of hydrogen-bond acceptors (Lipinski definition) is 5. The Bertz CT molecular complexity index is 921. The van der Waals surface area contributed by atoms with E-state index >= 15 is 0 Å². The van der Waals surface area contributed by atoms with Gasteiger partial charge in [-0.15, -0.1) is 0 Å². The van der Waals surface area contributed by atoms with E-state index in [4.69, 9.17) is 4.52 Å². The zero-order chi connectivity index (χ0) is 17.6. The number of pyridine rings is 1. The molecule has 25 heavy (non-hydrogen) atoms. The zero-order valence-corrected chi connectivity index (χ0v) is 14.7. The average molecular weight is 340 g/mol. The van der Waals surface area contributed by atoms with E-state index < -0.39 is 0 Å². The van der Waals surface area contributed by atoms with Crippen LogP contribution < -0.4 is 4.90 Å². The van der Waals surface area contributed by atoms with E-state index in [1.165, 1.54) is 6.07 Å². The molecule has 130 valence electrons. The van der Waals surface area contributed by atoms with Crippen molar-refractivity contribution >= 4 is 16.6 Å². The molecule has 6 heteroatoms. The molecular formula is C19H21FN4O. The lowest BCUT2D eigenvalue weighted by atomic mass is 10.1. The Morgan fingerprint density at radius 3 is 2.84 bits per heavy atom. The van der Waals surface area contributed by atoms with Crippen molar-refractivity contribution < 1.29 is 8.91 Å². The fourth-order valence-electron chi connectivity index (χ4n) is 3.49. The minimum absolute atomic E-state index is 0.0458. The molecule has 0 N–H and O–H groups in total. The molecule has 3 heterocycles. The van der Waals surface area contributed by atoms with Gasteiger partial charge < -0.3 is 9.42 Å². The summed E-state index contributed by atoms with van der Waals surface area (Å²) in [6, 6.07) is 6.81. The predicted octanol–water partition coefficient (Wildman–Crippen LogP) is 4.53. The van der Waals surface area contributed by atoms with Gasteiger partial charge in [-0.3, -0.25) is 4.98 Å². The molecule has 0 radical (unpaired) electrons. The number of rotatable bonds is 3. The molecule has 0 aliphatic carbocycles. The van der Waals surface area contributed by atoms with Gasteiger partial charge in [0.05, 0.1) is 11.6 Å². The standard InChI is InChI=1S/C19H21FN4O/c1-11(2)19-22-18(23-25-19)16-5-4-8-24(16)17-9-12(3)21-15-7-6-13(20)10-14(15)17/h6-7,9-11,16H,4-5,8H2,1-3H3. The third-order valence-corrected chi connectivity index (χ3v) is 4.69. The van der Waals surface area contributed by atoms with Crippen LogP contribution in [0.2, 0.25) is 0 Å². The average Bonchev–Trinajstić information content (AvgIpc) is 3.23. The van der Waals surface area contributed by atoms with Crippen molar-refractivity contribution in [2.24, 2.45) is 0 Å². The molecule has 5 nitrogen and oxygen atoms in total. The van der Waals surface area contributed by atoms with E-state index in [0.717, 1.165) is 41.7 Å². The van der Waals surface area contributed by atoms with Gasteiger partial charge in [0.2, 0.25) is 5.89 Å². The number of benzene rings is 1. The Morgan fingerprint density at radius 2 is 2.08 bits per heavy atom. The minimum Gasteiger partial charge on any atom is -0.361 e. The molecule has 2 aromatic heterocycles. The number of halogens is 1. The molecule has 1 aliphatic heterocycles. The molecule has 0 amide bonds. The Kier molecular flexibility index (Phi) is 3.90. The quantitative estimate of drug-likeness (QED) is 0.701. The first-order valence-electron chi connectivity index (χ1n) is 8.70. The van der Waals surface area contributed by atoms with Gasteiger partial charge in [-0.05, 0) is 44.0 Å². The van der Waals surface area contributed by atoms with E-state index in [-0.39, 0.29) is 17.8 Å². The molecule has 1 unspecified atom stereocenters. The monoisotopic (exact) mass is 340 g/mol. The van der Waals surface area contributed by atoms with Crippen LogP contribution in [0.3, 0.4) is 0 Å². The fraction of sp³-hybridized carbons (Fsp3) is 0.421. The summed E-state index contributed by atoms with van der Waals surface area (Å²) in [4.78, 5) is 11.4. The lowest BCUT2D eigenvalue weighted by molar-refractivity contribution is 0.358. The van der Waals surface area contributed by atoms with Crippen molar-refractivity contribution in [2.45, 2.75) is 45.6 Å². The number of anilines is 1. The molecule has 1 aliphatic rings. The van der Waals surface area contributed by atoms with Gasteiger partial charge in [-0.25, -0.2) is 4.39 Å². The Hall–Kier alpha value is -2.50. The SMILES string of the molecule is Cc1cc(N2CCCC2c2noc(C(C)C)n2)c2cc(F)ccc2n1. The highest BCUT2D eigenvalue weighted by Gasteiger charge is 2.31. The first kappa shape index (κ1) is 16.0. The molecule has 0 spiro atoms. The van der Waals surface area contributed by atoms with Gasteiger partial charge in [0.1, 0.15) is 5.82 Å². The second kappa shape index (κ2) is 6.10. The molecular weight excluding hydrogens is 319 g/mol. The van der Waals surface area contributed by atoms with Crippen molar-refractivity contribution in [1.29, 1.82) is 0 Å². The van der Waals surface area contributed by atoms with Crippen molar-refractivity contribution in [2.75, 3.05) is 11.4 Å². The molecule has 4 rings (SSSR count). The van der Waals surface area contributed by atoms with Crippen molar-refractivity contribution in [1.82, 2.24) is 15.1 Å². The topological polar surface area (TPSA) is 55.1 Å². The van der Waals surface area contributed by atoms with E-state index in [1.54, 1.807) is 12.1 Å². The molecule has 1 saturated heterocycles. The van der Waals surface area contributed by atoms with Crippen LogP contribution in [0.1, 0.15) is 56.1 Å². The Morgan fingerprint density at radius 1 is 1.24 bits per heavy atom. The number of hydrogen-bond donors (Lipinski definition) is 0. The zero-order valence-electron chi connectivity index (χ0n) is 14.7. The maximum atomic E-state index is 13.8. The maximum Gasteiger partial charge on any atom is 0.229 e. The maximum absolute atomic E-state index is 13.8. The van der Waals surface area contributed by atoms with Crippen molar-refractivity contribution in [3.63, 3.8) is 0 Å². The fourth-order valence-corrected chi connectivity index (χ4v) is 3.49. The van der Waals surface area contributed by atoms with Crippen molar-refractivity contribution in [3.05, 3.63) is 47.5 Å². The van der Waals surface area contributed by atoms with E-state index in [9.17, 15) is 4.39 Å². The summed E-state index contributed by atoms with van der Waals surface area (Å²) >= 11 is 0. The van der Waals surface area contributed by atoms with Gasteiger partial charge in [0.15, 0.2) is 5.82 Å². The minimum atomic E-state index is -0.253. The van der Waals surface area contributed by atoms with Crippen LogP contribution in [-0.2, 0) is 0 Å². The van der Waals surface area contributed by atoms with Crippen LogP contribution in [0.15, 0.2) is 28.8 Å². The van der Waals surface area contributed by atoms with Crippen LogP contribution in [0.4, 0.5) is 10.1 Å². The molecule has 1 fully saturated rings. The third kappa shape index (κ3) is 2.86. The van der Waals surface area contributed by atoms with E-state index in [1.807, 2.05) is 26.8 Å². The summed E-state index contributed by atoms with van der Waals surface area (Å²) in [6.45, 7) is 6.91. The number of nitrogens with zero attached hydrogens (tertiary/aromatic N) is 4. The molecule has 1 atom stereocenters. The second-order valence-corrected chi connectivity index (χ2v) is 6.94. The van der Waals surface area contributed by atoms with E-state index in [0.29, 0.717) is 11.7 Å². The van der Waals surface area contributed by atoms with Gasteiger partial charge in [0.25, 0.3) is 0 Å². The number of aromatic nitrogens is 3. The molecule has 0 bridgehead atoms. The second-order valence-electron chi connectivity index (χ2n) is 6.94. The summed E-state index contributed by atoms with van der Waals surface area (Å²) in [5, 5.41) is 5.02. The lowest BCUT2D eigenvalue weighted by Crippen LogP contribution is -2.24. The Balaban J connectivity index is 1.79. The van der Waals surface area contributed by atoms with Crippen LogP contribution in [0.25, 0.3) is 10.9 Å². The summed E-state index contributed by atoms with van der Waals surface area (Å²) in [7, 11) is 0.